The monoisotopic (exact) mass is 587 g/mol. The van der Waals surface area contributed by atoms with Crippen molar-refractivity contribution in [3.05, 3.63) is 29.1 Å². The summed E-state index contributed by atoms with van der Waals surface area (Å²) in [5.41, 5.74) is 2.57. The van der Waals surface area contributed by atoms with Gasteiger partial charge in [-0.1, -0.05) is 19.8 Å². The molecule has 1 aromatic heterocycles. The highest BCUT2D eigenvalue weighted by Gasteiger charge is 2.45. The molecular formula is C33H51F2N5O2. The predicted octanol–water partition coefficient (Wildman–Crippen LogP) is 6.28. The van der Waals surface area contributed by atoms with Gasteiger partial charge < -0.3 is 14.7 Å². The lowest BCUT2D eigenvalue weighted by atomic mass is 9.85. The van der Waals surface area contributed by atoms with E-state index in [0.717, 1.165) is 94.5 Å². The summed E-state index contributed by atoms with van der Waals surface area (Å²) in [4.78, 5) is 40.2. The summed E-state index contributed by atoms with van der Waals surface area (Å²) in [7, 11) is 0. The quantitative estimate of drug-likeness (QED) is 0.359. The molecule has 1 aliphatic carbocycles. The highest BCUT2D eigenvalue weighted by molar-refractivity contribution is 5.96. The Labute approximate surface area is 251 Å². The first-order chi connectivity index (χ1) is 20.0. The number of unbranched alkanes of at least 4 members (excludes halogenated alkanes) is 1. The van der Waals surface area contributed by atoms with Crippen LogP contribution in [0, 0.1) is 19.8 Å². The van der Waals surface area contributed by atoms with Crippen molar-refractivity contribution in [3.8, 4) is 0 Å². The van der Waals surface area contributed by atoms with Gasteiger partial charge in [0.1, 0.15) is 0 Å². The minimum atomic E-state index is -2.53. The molecule has 7 nitrogen and oxygen atoms in total. The number of amides is 3. The topological polar surface area (TPSA) is 60.0 Å². The van der Waals surface area contributed by atoms with Crippen LogP contribution in [-0.2, 0) is 0 Å². The first-order valence-corrected chi connectivity index (χ1v) is 16.4. The second-order valence-corrected chi connectivity index (χ2v) is 13.8. The molecule has 4 aliphatic rings. The fourth-order valence-corrected chi connectivity index (χ4v) is 7.98. The summed E-state index contributed by atoms with van der Waals surface area (Å²) in [6.45, 7) is 13.2. The van der Waals surface area contributed by atoms with Gasteiger partial charge in [-0.15, -0.1) is 0 Å². The van der Waals surface area contributed by atoms with Crippen molar-refractivity contribution >= 4 is 11.9 Å². The summed E-state index contributed by atoms with van der Waals surface area (Å²) in [5.74, 6) is -2.25. The number of hydrogen-bond acceptors (Lipinski definition) is 4. The number of halogens is 2. The van der Waals surface area contributed by atoms with Gasteiger partial charge in [-0.2, -0.15) is 0 Å². The van der Waals surface area contributed by atoms with Crippen LogP contribution in [-0.4, -0.2) is 99.3 Å². The van der Waals surface area contributed by atoms with Crippen LogP contribution in [0.5, 0.6) is 0 Å². The zero-order valence-corrected chi connectivity index (χ0v) is 26.2. The van der Waals surface area contributed by atoms with Gasteiger partial charge in [0.05, 0.1) is 17.3 Å². The number of carbonyl (C=O) groups is 2. The third kappa shape index (κ3) is 6.61. The predicted molar refractivity (Wildman–Crippen MR) is 161 cm³/mol. The van der Waals surface area contributed by atoms with Crippen LogP contribution in [0.4, 0.5) is 13.6 Å². The molecule has 234 valence electrons. The minimum Gasteiger partial charge on any atom is -0.338 e. The van der Waals surface area contributed by atoms with Crippen molar-refractivity contribution < 1.29 is 18.4 Å². The lowest BCUT2D eigenvalue weighted by Crippen LogP contribution is -2.58. The van der Waals surface area contributed by atoms with E-state index < -0.39 is 5.92 Å². The van der Waals surface area contributed by atoms with E-state index in [2.05, 4.69) is 28.6 Å². The van der Waals surface area contributed by atoms with Gasteiger partial charge in [0.25, 0.3) is 5.91 Å². The fraction of sp³-hybridized carbons (Fsp3) is 0.788. The van der Waals surface area contributed by atoms with Crippen LogP contribution in [0.2, 0.25) is 0 Å². The number of likely N-dealkylation sites (tertiary alicyclic amines) is 2. The number of aromatic nitrogens is 1. The highest BCUT2D eigenvalue weighted by Crippen LogP contribution is 2.38. The smallest absolute Gasteiger partial charge is 0.320 e. The lowest BCUT2D eigenvalue weighted by molar-refractivity contribution is -0.0474. The van der Waals surface area contributed by atoms with Crippen molar-refractivity contribution in [1.29, 1.82) is 0 Å². The average molecular weight is 588 g/mol. The number of nitrogens with zero attached hydrogens (tertiary/aromatic N) is 5. The Hall–Kier alpha value is -2.29. The van der Waals surface area contributed by atoms with Crippen LogP contribution in [0.25, 0.3) is 0 Å². The number of aryl methyl sites for hydroxylation is 2. The Balaban J connectivity index is 1.16. The van der Waals surface area contributed by atoms with Gasteiger partial charge in [-0.05, 0) is 83.3 Å². The van der Waals surface area contributed by atoms with Crippen molar-refractivity contribution in [2.45, 2.75) is 122 Å². The molecule has 3 aliphatic heterocycles. The van der Waals surface area contributed by atoms with Crippen molar-refractivity contribution in [2.75, 3.05) is 39.3 Å². The summed E-state index contributed by atoms with van der Waals surface area (Å²) >= 11 is 0. The molecule has 4 fully saturated rings. The van der Waals surface area contributed by atoms with E-state index in [-0.39, 0.29) is 48.3 Å². The Morgan fingerprint density at radius 1 is 1.02 bits per heavy atom. The Bertz CT molecular complexity index is 1080. The molecule has 42 heavy (non-hydrogen) atoms. The number of carbonyl (C=O) groups excluding carboxylic acids is 2. The van der Waals surface area contributed by atoms with Crippen LogP contribution >= 0.6 is 0 Å². The van der Waals surface area contributed by atoms with E-state index in [1.54, 1.807) is 6.20 Å². The van der Waals surface area contributed by atoms with Crippen molar-refractivity contribution in [1.82, 2.24) is 24.6 Å². The molecule has 9 heteroatoms. The van der Waals surface area contributed by atoms with E-state index >= 15 is 0 Å². The maximum absolute atomic E-state index is 13.7. The zero-order valence-electron chi connectivity index (χ0n) is 26.2. The number of pyridine rings is 1. The second kappa shape index (κ2) is 12.7. The molecule has 4 heterocycles. The molecule has 0 spiro atoms. The summed E-state index contributed by atoms with van der Waals surface area (Å²) in [6.07, 6.45) is 9.72. The number of hydrogen-bond donors (Lipinski definition) is 0. The third-order valence-electron chi connectivity index (χ3n) is 10.8. The van der Waals surface area contributed by atoms with Crippen LogP contribution in [0.15, 0.2) is 12.3 Å². The number of rotatable bonds is 8. The molecule has 3 amide bonds. The molecule has 1 aromatic rings. The Kier molecular flexibility index (Phi) is 9.45. The van der Waals surface area contributed by atoms with Gasteiger partial charge in [0.2, 0.25) is 5.92 Å². The average Bonchev–Trinajstić information content (AvgIpc) is 3.27. The fourth-order valence-electron chi connectivity index (χ4n) is 7.98. The van der Waals surface area contributed by atoms with E-state index in [0.29, 0.717) is 19.4 Å². The van der Waals surface area contributed by atoms with Gasteiger partial charge in [-0.25, -0.2) is 13.6 Å². The molecule has 0 N–H and O–H groups in total. The van der Waals surface area contributed by atoms with Gasteiger partial charge in [0, 0.05) is 69.9 Å². The third-order valence-corrected chi connectivity index (χ3v) is 10.8. The molecule has 1 saturated carbocycles. The van der Waals surface area contributed by atoms with E-state index in [4.69, 9.17) is 0 Å². The maximum atomic E-state index is 13.7. The molecule has 0 aromatic carbocycles. The van der Waals surface area contributed by atoms with Gasteiger partial charge in [0.15, 0.2) is 0 Å². The van der Waals surface area contributed by atoms with Gasteiger partial charge in [-0.3, -0.25) is 14.7 Å². The number of piperidine rings is 2. The van der Waals surface area contributed by atoms with E-state index in [1.807, 2.05) is 29.7 Å². The van der Waals surface area contributed by atoms with Crippen molar-refractivity contribution in [3.63, 3.8) is 0 Å². The molecular weight excluding hydrogens is 536 g/mol. The summed E-state index contributed by atoms with van der Waals surface area (Å²) < 4.78 is 27.4. The molecule has 0 bridgehead atoms. The molecule has 1 unspecified atom stereocenters. The normalized spacial score (nSPS) is 25.8. The maximum Gasteiger partial charge on any atom is 0.320 e. The zero-order chi connectivity index (χ0) is 30.1. The Morgan fingerprint density at radius 3 is 2.31 bits per heavy atom. The van der Waals surface area contributed by atoms with E-state index in [9.17, 15) is 18.4 Å². The molecule has 0 radical (unpaired) electrons. The van der Waals surface area contributed by atoms with Crippen molar-refractivity contribution in [2.24, 2.45) is 5.92 Å². The first kappa shape index (κ1) is 31.1. The largest absolute Gasteiger partial charge is 0.338 e. The minimum absolute atomic E-state index is 0.0471. The van der Waals surface area contributed by atoms with E-state index in [1.165, 1.54) is 0 Å². The highest BCUT2D eigenvalue weighted by atomic mass is 19.3. The van der Waals surface area contributed by atoms with Gasteiger partial charge >= 0.3 is 6.03 Å². The first-order valence-electron chi connectivity index (χ1n) is 16.4. The second-order valence-electron chi connectivity index (χ2n) is 13.8. The molecule has 3 saturated heterocycles. The van der Waals surface area contributed by atoms with Crippen LogP contribution < -0.4 is 0 Å². The van der Waals surface area contributed by atoms with Crippen LogP contribution in [0.1, 0.15) is 106 Å². The lowest BCUT2D eigenvalue weighted by Gasteiger charge is -2.50. The number of urea groups is 1. The Morgan fingerprint density at radius 2 is 1.69 bits per heavy atom. The summed E-state index contributed by atoms with van der Waals surface area (Å²) in [6, 6.07) is 2.50. The standard InChI is InChI=1S/C33H51F2N5O2/c1-5-6-7-28-23-38(22-26-8-13-33(34,35)14-9-26)31(42)40(28)27-11-18-39(19-12-27)32(4)15-20-37(21-16-32)30(41)29-24(2)10-17-36-25(29)3/h10,17,26-28H,5-9,11-16,18-23H2,1-4H3. The SMILES string of the molecule is CCCCC1CN(CC2CCC(F)(F)CC2)C(=O)N1C1CCN(C2(C)CCN(C(=O)c3c(C)ccnc3C)CC2)CC1. The number of alkyl halides is 2. The van der Waals surface area contributed by atoms with Crippen LogP contribution in [0.3, 0.4) is 0 Å². The molecule has 1 atom stereocenters. The molecule has 5 rings (SSSR count). The summed E-state index contributed by atoms with van der Waals surface area (Å²) in [5, 5.41) is 0.